The Morgan fingerprint density at radius 3 is 3.00 bits per heavy atom. The molecule has 2 aromatic rings. The van der Waals surface area contributed by atoms with Crippen molar-refractivity contribution in [2.24, 2.45) is 0 Å². The number of benzene rings is 1. The Morgan fingerprint density at radius 2 is 2.32 bits per heavy atom. The van der Waals surface area contributed by atoms with Gasteiger partial charge in [0.1, 0.15) is 12.4 Å². The van der Waals surface area contributed by atoms with E-state index in [1.54, 1.807) is 11.3 Å². The molecular formula is C14H17BrN2OS. The largest absolute Gasteiger partial charge is 0.488 e. The summed E-state index contributed by atoms with van der Waals surface area (Å²) in [6.45, 7) is 5.75. The molecule has 1 aromatic carbocycles. The number of aromatic nitrogens is 1. The lowest BCUT2D eigenvalue weighted by Gasteiger charge is -2.17. The van der Waals surface area contributed by atoms with E-state index in [9.17, 15) is 0 Å². The highest BCUT2D eigenvalue weighted by Gasteiger charge is 2.12. The van der Waals surface area contributed by atoms with E-state index in [2.05, 4.69) is 46.1 Å². The number of hydrogen-bond donors (Lipinski definition) is 1. The number of halogens is 1. The van der Waals surface area contributed by atoms with Crippen LogP contribution in [0.3, 0.4) is 0 Å². The highest BCUT2D eigenvalue weighted by molar-refractivity contribution is 9.10. The highest BCUT2D eigenvalue weighted by Crippen LogP contribution is 2.29. The molecule has 0 spiro atoms. The normalized spacial score (nSPS) is 12.4. The minimum Gasteiger partial charge on any atom is -0.488 e. The zero-order valence-corrected chi connectivity index (χ0v) is 13.4. The van der Waals surface area contributed by atoms with Gasteiger partial charge in [0.25, 0.3) is 0 Å². The van der Waals surface area contributed by atoms with Crippen molar-refractivity contribution in [1.82, 2.24) is 10.3 Å². The summed E-state index contributed by atoms with van der Waals surface area (Å²) in [5.41, 5.74) is 2.99. The lowest BCUT2D eigenvalue weighted by atomic mass is 10.1. The number of hydrogen-bond acceptors (Lipinski definition) is 4. The Hall–Kier alpha value is -0.910. The molecule has 19 heavy (non-hydrogen) atoms. The van der Waals surface area contributed by atoms with Crippen LogP contribution in [0, 0.1) is 0 Å². The van der Waals surface area contributed by atoms with Crippen LogP contribution in [0.1, 0.15) is 30.3 Å². The second-order valence-electron chi connectivity index (χ2n) is 4.22. The predicted molar refractivity (Wildman–Crippen MR) is 82.7 cm³/mol. The molecule has 0 aliphatic rings. The molecule has 0 fully saturated rings. The summed E-state index contributed by atoms with van der Waals surface area (Å²) in [6.07, 6.45) is 1.84. The predicted octanol–water partition coefficient (Wildman–Crippen LogP) is 4.16. The van der Waals surface area contributed by atoms with Crippen molar-refractivity contribution in [3.05, 3.63) is 44.8 Å². The van der Waals surface area contributed by atoms with Crippen molar-refractivity contribution in [2.45, 2.75) is 26.5 Å². The van der Waals surface area contributed by atoms with Crippen LogP contribution >= 0.6 is 27.3 Å². The van der Waals surface area contributed by atoms with Crippen LogP contribution in [0.5, 0.6) is 5.75 Å². The molecule has 0 radical (unpaired) electrons. The first-order valence-electron chi connectivity index (χ1n) is 6.23. The van der Waals surface area contributed by atoms with E-state index in [1.165, 1.54) is 5.56 Å². The van der Waals surface area contributed by atoms with E-state index in [1.807, 2.05) is 23.8 Å². The zero-order valence-electron chi connectivity index (χ0n) is 11.0. The smallest absolute Gasteiger partial charge is 0.124 e. The third-order valence-electron chi connectivity index (χ3n) is 2.80. The van der Waals surface area contributed by atoms with Gasteiger partial charge in [-0.05, 0) is 31.7 Å². The molecule has 0 aliphatic carbocycles. The van der Waals surface area contributed by atoms with E-state index in [0.717, 1.165) is 21.6 Å². The second-order valence-corrected chi connectivity index (χ2v) is 6.10. The third-order valence-corrected chi connectivity index (χ3v) is 4.05. The maximum absolute atomic E-state index is 5.91. The van der Waals surface area contributed by atoms with E-state index in [4.69, 9.17) is 4.74 Å². The molecule has 102 valence electrons. The lowest BCUT2D eigenvalue weighted by molar-refractivity contribution is 0.303. The molecule has 1 aromatic heterocycles. The Balaban J connectivity index is 2.14. The number of nitrogens with zero attached hydrogens (tertiary/aromatic N) is 1. The van der Waals surface area contributed by atoms with Gasteiger partial charge in [-0.15, -0.1) is 11.3 Å². The Labute approximate surface area is 126 Å². The monoisotopic (exact) mass is 340 g/mol. The Kier molecular flexibility index (Phi) is 5.36. The minimum atomic E-state index is 0.263. The number of thiazole rings is 1. The molecule has 0 bridgehead atoms. The molecule has 0 saturated carbocycles. The summed E-state index contributed by atoms with van der Waals surface area (Å²) in [5.74, 6) is 0.921. The Bertz CT molecular complexity index is 516. The van der Waals surface area contributed by atoms with E-state index in [0.29, 0.717) is 6.61 Å². The average molecular weight is 341 g/mol. The summed E-state index contributed by atoms with van der Waals surface area (Å²) in [4.78, 5) is 5.18. The van der Waals surface area contributed by atoms with Gasteiger partial charge in [-0.1, -0.05) is 22.9 Å². The first-order valence-corrected chi connectivity index (χ1v) is 7.91. The van der Waals surface area contributed by atoms with Crippen molar-refractivity contribution in [2.75, 3.05) is 6.54 Å². The molecule has 1 N–H and O–H groups in total. The van der Waals surface area contributed by atoms with Gasteiger partial charge in [0.15, 0.2) is 0 Å². The molecule has 1 unspecified atom stereocenters. The fourth-order valence-corrected chi connectivity index (χ4v) is 2.75. The van der Waals surface area contributed by atoms with Gasteiger partial charge in [-0.2, -0.15) is 0 Å². The molecule has 3 nitrogen and oxygen atoms in total. The van der Waals surface area contributed by atoms with Crippen molar-refractivity contribution in [1.29, 1.82) is 0 Å². The van der Waals surface area contributed by atoms with Gasteiger partial charge in [0, 0.05) is 22.3 Å². The first kappa shape index (κ1) is 14.5. The average Bonchev–Trinajstić information content (AvgIpc) is 2.90. The first-order chi connectivity index (χ1) is 9.20. The maximum Gasteiger partial charge on any atom is 0.124 e. The number of ether oxygens (including phenoxy) is 1. The summed E-state index contributed by atoms with van der Waals surface area (Å²) >= 11 is 5.12. The van der Waals surface area contributed by atoms with Crippen molar-refractivity contribution in [3.8, 4) is 5.75 Å². The zero-order chi connectivity index (χ0) is 13.7. The fourth-order valence-electron chi connectivity index (χ4n) is 1.87. The standard InChI is InChI=1S/C14H17BrN2OS/c1-3-17-10(2)13-6-11(15)4-5-14(13)18-8-12-7-16-9-19-12/h4-7,9-10,17H,3,8H2,1-2H3. The molecule has 0 saturated heterocycles. The molecule has 1 heterocycles. The molecule has 1 atom stereocenters. The summed E-state index contributed by atoms with van der Waals surface area (Å²) in [5, 5.41) is 3.41. The minimum absolute atomic E-state index is 0.263. The SMILES string of the molecule is CCNC(C)c1cc(Br)ccc1OCc1cncs1. The van der Waals surface area contributed by atoms with Gasteiger partial charge >= 0.3 is 0 Å². The van der Waals surface area contributed by atoms with Gasteiger partial charge < -0.3 is 10.1 Å². The van der Waals surface area contributed by atoms with Crippen LogP contribution in [-0.2, 0) is 6.61 Å². The van der Waals surface area contributed by atoms with Crippen molar-refractivity contribution in [3.63, 3.8) is 0 Å². The maximum atomic E-state index is 5.91. The third kappa shape index (κ3) is 4.03. The topological polar surface area (TPSA) is 34.1 Å². The van der Waals surface area contributed by atoms with Crippen LogP contribution in [0.2, 0.25) is 0 Å². The number of nitrogens with one attached hydrogen (secondary N) is 1. The fraction of sp³-hybridized carbons (Fsp3) is 0.357. The number of rotatable bonds is 6. The summed E-state index contributed by atoms with van der Waals surface area (Å²) in [7, 11) is 0. The molecular weight excluding hydrogens is 324 g/mol. The molecule has 5 heteroatoms. The van der Waals surface area contributed by atoms with Gasteiger partial charge in [0.05, 0.1) is 10.4 Å². The van der Waals surface area contributed by atoms with Crippen LogP contribution in [0.25, 0.3) is 0 Å². The quantitative estimate of drug-likeness (QED) is 0.857. The van der Waals surface area contributed by atoms with Crippen molar-refractivity contribution < 1.29 is 4.74 Å². The van der Waals surface area contributed by atoms with Crippen molar-refractivity contribution >= 4 is 27.3 Å². The van der Waals surface area contributed by atoms with Crippen LogP contribution in [0.15, 0.2) is 34.4 Å². The summed E-state index contributed by atoms with van der Waals surface area (Å²) in [6, 6.07) is 6.38. The van der Waals surface area contributed by atoms with Crippen LogP contribution < -0.4 is 10.1 Å². The van der Waals surface area contributed by atoms with Crippen LogP contribution in [0.4, 0.5) is 0 Å². The van der Waals surface area contributed by atoms with Gasteiger partial charge in [-0.25, -0.2) is 0 Å². The Morgan fingerprint density at radius 1 is 1.47 bits per heavy atom. The molecule has 0 aliphatic heterocycles. The molecule has 2 rings (SSSR count). The second kappa shape index (κ2) is 7.03. The lowest BCUT2D eigenvalue weighted by Crippen LogP contribution is -2.18. The van der Waals surface area contributed by atoms with E-state index in [-0.39, 0.29) is 6.04 Å². The van der Waals surface area contributed by atoms with E-state index < -0.39 is 0 Å². The summed E-state index contributed by atoms with van der Waals surface area (Å²) < 4.78 is 6.98. The van der Waals surface area contributed by atoms with E-state index >= 15 is 0 Å². The van der Waals surface area contributed by atoms with Gasteiger partial charge in [-0.3, -0.25) is 4.98 Å². The highest BCUT2D eigenvalue weighted by atomic mass is 79.9. The van der Waals surface area contributed by atoms with Crippen LogP contribution in [-0.4, -0.2) is 11.5 Å². The van der Waals surface area contributed by atoms with Gasteiger partial charge in [0.2, 0.25) is 0 Å². The molecule has 0 amide bonds.